The van der Waals surface area contributed by atoms with Crippen molar-refractivity contribution in [2.75, 3.05) is 0 Å². The Morgan fingerprint density at radius 1 is 1.50 bits per heavy atom. The van der Waals surface area contributed by atoms with Crippen LogP contribution in [0.5, 0.6) is 0 Å². The highest BCUT2D eigenvalue weighted by Gasteiger charge is 2.33. The van der Waals surface area contributed by atoms with Crippen molar-refractivity contribution in [2.24, 2.45) is 5.92 Å². The third-order valence-corrected chi connectivity index (χ3v) is 2.61. The minimum atomic E-state index is -4.42. The first-order chi connectivity index (χ1) is 7.34. The van der Waals surface area contributed by atoms with Crippen molar-refractivity contribution in [1.82, 2.24) is 9.78 Å². The zero-order chi connectivity index (χ0) is 12.3. The van der Waals surface area contributed by atoms with E-state index in [9.17, 15) is 18.3 Å². The van der Waals surface area contributed by atoms with Crippen LogP contribution in [0.3, 0.4) is 0 Å². The van der Waals surface area contributed by atoms with E-state index in [0.717, 1.165) is 17.2 Å². The number of aliphatic hydroxyl groups is 1. The minimum absolute atomic E-state index is 0.0403. The lowest BCUT2D eigenvalue weighted by molar-refractivity contribution is -0.141. The Morgan fingerprint density at radius 2 is 2.12 bits per heavy atom. The van der Waals surface area contributed by atoms with Gasteiger partial charge in [0.1, 0.15) is 0 Å². The molecular weight excluding hydrogens is 221 g/mol. The van der Waals surface area contributed by atoms with Crippen molar-refractivity contribution in [3.8, 4) is 0 Å². The summed E-state index contributed by atoms with van der Waals surface area (Å²) in [4.78, 5) is 0. The van der Waals surface area contributed by atoms with E-state index in [1.165, 1.54) is 6.20 Å². The second-order valence-corrected chi connectivity index (χ2v) is 3.87. The summed E-state index contributed by atoms with van der Waals surface area (Å²) in [5, 5.41) is 13.0. The lowest BCUT2D eigenvalue weighted by atomic mass is 10.0. The smallest absolute Gasteiger partial charge is 0.391 e. The van der Waals surface area contributed by atoms with Crippen LogP contribution in [0.1, 0.15) is 26.0 Å². The first-order valence-electron chi connectivity index (χ1n) is 5.13. The molecule has 1 rings (SSSR count). The Balaban J connectivity index is 2.66. The fraction of sp³-hybridized carbons (Fsp3) is 0.700. The van der Waals surface area contributed by atoms with Crippen LogP contribution in [-0.2, 0) is 12.7 Å². The monoisotopic (exact) mass is 236 g/mol. The van der Waals surface area contributed by atoms with E-state index in [2.05, 4.69) is 5.10 Å². The highest BCUT2D eigenvalue weighted by molar-refractivity contribution is 5.03. The number of hydrogen-bond donors (Lipinski definition) is 1. The zero-order valence-corrected chi connectivity index (χ0v) is 9.20. The molecule has 0 spiro atoms. The summed E-state index contributed by atoms with van der Waals surface area (Å²) in [6, 6.07) is 0.906. The lowest BCUT2D eigenvalue weighted by Crippen LogP contribution is -2.24. The van der Waals surface area contributed by atoms with Gasteiger partial charge in [-0.05, 0) is 12.0 Å². The third-order valence-electron chi connectivity index (χ3n) is 2.61. The fourth-order valence-electron chi connectivity index (χ4n) is 1.26. The van der Waals surface area contributed by atoms with Crippen LogP contribution >= 0.6 is 0 Å². The van der Waals surface area contributed by atoms with Gasteiger partial charge in [-0.2, -0.15) is 18.3 Å². The van der Waals surface area contributed by atoms with Gasteiger partial charge in [-0.3, -0.25) is 4.68 Å². The summed E-state index contributed by atoms with van der Waals surface area (Å²) in [6.07, 6.45) is -3.10. The largest absolute Gasteiger partial charge is 0.435 e. The van der Waals surface area contributed by atoms with Crippen molar-refractivity contribution >= 4 is 0 Å². The van der Waals surface area contributed by atoms with Crippen molar-refractivity contribution in [2.45, 2.75) is 39.1 Å². The number of rotatable bonds is 4. The van der Waals surface area contributed by atoms with E-state index < -0.39 is 18.0 Å². The summed E-state index contributed by atoms with van der Waals surface area (Å²) in [7, 11) is 0. The van der Waals surface area contributed by atoms with Gasteiger partial charge in [-0.1, -0.05) is 20.3 Å². The second kappa shape index (κ2) is 4.86. The fourth-order valence-corrected chi connectivity index (χ4v) is 1.26. The Hall–Kier alpha value is -1.04. The van der Waals surface area contributed by atoms with Crippen molar-refractivity contribution in [3.05, 3.63) is 18.0 Å². The zero-order valence-electron chi connectivity index (χ0n) is 9.20. The summed E-state index contributed by atoms with van der Waals surface area (Å²) < 4.78 is 37.8. The van der Waals surface area contributed by atoms with E-state index >= 15 is 0 Å². The van der Waals surface area contributed by atoms with E-state index in [-0.39, 0.29) is 12.5 Å². The van der Waals surface area contributed by atoms with Gasteiger partial charge in [0, 0.05) is 6.20 Å². The molecule has 1 aromatic rings. The molecule has 0 saturated heterocycles. The molecule has 0 fully saturated rings. The molecule has 16 heavy (non-hydrogen) atoms. The molecule has 92 valence electrons. The van der Waals surface area contributed by atoms with Gasteiger partial charge in [0.2, 0.25) is 0 Å². The molecule has 0 aliphatic heterocycles. The summed E-state index contributed by atoms with van der Waals surface area (Å²) in [6.45, 7) is 3.85. The van der Waals surface area contributed by atoms with E-state index in [0.29, 0.717) is 0 Å². The molecule has 3 nitrogen and oxygen atoms in total. The summed E-state index contributed by atoms with van der Waals surface area (Å²) in [5.41, 5.74) is -0.927. The Morgan fingerprint density at radius 3 is 2.56 bits per heavy atom. The van der Waals surface area contributed by atoms with E-state index in [1.807, 2.05) is 13.8 Å². The number of aromatic nitrogens is 2. The molecule has 0 aromatic carbocycles. The predicted molar refractivity (Wildman–Crippen MR) is 52.7 cm³/mol. The maximum absolute atomic E-state index is 12.2. The maximum Gasteiger partial charge on any atom is 0.435 e. The Bertz CT molecular complexity index is 335. The number of nitrogens with zero attached hydrogens (tertiary/aromatic N) is 2. The molecule has 2 atom stereocenters. The van der Waals surface area contributed by atoms with Crippen LogP contribution in [-0.4, -0.2) is 21.0 Å². The minimum Gasteiger partial charge on any atom is -0.391 e. The highest BCUT2D eigenvalue weighted by Crippen LogP contribution is 2.27. The van der Waals surface area contributed by atoms with Crippen molar-refractivity contribution in [1.29, 1.82) is 0 Å². The first kappa shape index (κ1) is 13.0. The van der Waals surface area contributed by atoms with Gasteiger partial charge in [-0.15, -0.1) is 0 Å². The van der Waals surface area contributed by atoms with Gasteiger partial charge < -0.3 is 5.11 Å². The molecule has 0 aliphatic carbocycles. The van der Waals surface area contributed by atoms with Gasteiger partial charge in [0.05, 0.1) is 12.6 Å². The number of halogens is 3. The molecular formula is C10H15F3N2O. The molecule has 0 aliphatic rings. The van der Waals surface area contributed by atoms with Gasteiger partial charge in [0.15, 0.2) is 5.69 Å². The molecule has 0 radical (unpaired) electrons. The molecule has 6 heteroatoms. The quantitative estimate of drug-likeness (QED) is 0.871. The summed E-state index contributed by atoms with van der Waals surface area (Å²) in [5.74, 6) is 0.0403. The highest BCUT2D eigenvalue weighted by atomic mass is 19.4. The summed E-state index contributed by atoms with van der Waals surface area (Å²) >= 11 is 0. The number of aliphatic hydroxyl groups excluding tert-OH is 1. The van der Waals surface area contributed by atoms with E-state index in [4.69, 9.17) is 0 Å². The predicted octanol–water partition coefficient (Wildman–Crippen LogP) is 2.31. The van der Waals surface area contributed by atoms with Gasteiger partial charge >= 0.3 is 6.18 Å². The maximum atomic E-state index is 12.2. The molecule has 1 heterocycles. The van der Waals surface area contributed by atoms with Gasteiger partial charge in [-0.25, -0.2) is 0 Å². The molecule has 2 unspecified atom stereocenters. The van der Waals surface area contributed by atoms with Crippen LogP contribution in [0.2, 0.25) is 0 Å². The average molecular weight is 236 g/mol. The van der Waals surface area contributed by atoms with Crippen LogP contribution in [0.25, 0.3) is 0 Å². The standard InChI is InChI=1S/C10H15F3N2O/c1-3-7(2)8(16)6-15-5-4-9(14-15)10(11,12)13/h4-5,7-8,16H,3,6H2,1-2H3. The van der Waals surface area contributed by atoms with Gasteiger partial charge in [0.25, 0.3) is 0 Å². The van der Waals surface area contributed by atoms with Crippen LogP contribution in [0, 0.1) is 5.92 Å². The number of hydrogen-bond acceptors (Lipinski definition) is 2. The second-order valence-electron chi connectivity index (χ2n) is 3.87. The van der Waals surface area contributed by atoms with E-state index in [1.54, 1.807) is 0 Å². The first-order valence-corrected chi connectivity index (χ1v) is 5.13. The molecule has 1 aromatic heterocycles. The van der Waals surface area contributed by atoms with Crippen LogP contribution in [0.4, 0.5) is 13.2 Å². The number of alkyl halides is 3. The molecule has 1 N–H and O–H groups in total. The topological polar surface area (TPSA) is 38.0 Å². The molecule has 0 saturated carbocycles. The van der Waals surface area contributed by atoms with Crippen LogP contribution < -0.4 is 0 Å². The Kier molecular flexibility index (Phi) is 3.96. The van der Waals surface area contributed by atoms with Crippen LogP contribution in [0.15, 0.2) is 12.3 Å². The van der Waals surface area contributed by atoms with Crippen molar-refractivity contribution < 1.29 is 18.3 Å². The molecule has 0 amide bonds. The third kappa shape index (κ3) is 3.23. The lowest BCUT2D eigenvalue weighted by Gasteiger charge is -2.16. The SMILES string of the molecule is CCC(C)C(O)Cn1ccc(C(F)(F)F)n1. The Labute approximate surface area is 91.9 Å². The average Bonchev–Trinajstić information content (AvgIpc) is 2.64. The normalized spacial score (nSPS) is 16.1. The van der Waals surface area contributed by atoms with Crippen molar-refractivity contribution in [3.63, 3.8) is 0 Å². The molecule has 0 bridgehead atoms.